The van der Waals surface area contributed by atoms with Gasteiger partial charge in [-0.05, 0) is 30.7 Å². The summed E-state index contributed by atoms with van der Waals surface area (Å²) < 4.78 is 6.91. The molecule has 33 heavy (non-hydrogen) atoms. The summed E-state index contributed by atoms with van der Waals surface area (Å²) in [6.07, 6.45) is 8.48. The van der Waals surface area contributed by atoms with E-state index in [0.717, 1.165) is 22.4 Å². The third kappa shape index (κ3) is 5.65. The van der Waals surface area contributed by atoms with Gasteiger partial charge in [0.15, 0.2) is 0 Å². The molecule has 0 bridgehead atoms. The topological polar surface area (TPSA) is 80.6 Å². The highest BCUT2D eigenvalue weighted by atomic mass is 16.6. The Morgan fingerprint density at radius 2 is 1.79 bits per heavy atom. The summed E-state index contributed by atoms with van der Waals surface area (Å²) in [5.74, 6) is -0.0912. The third-order valence-electron chi connectivity index (χ3n) is 5.44. The van der Waals surface area contributed by atoms with Crippen molar-refractivity contribution in [2.45, 2.75) is 13.5 Å². The molecule has 0 saturated carbocycles. The van der Waals surface area contributed by atoms with E-state index in [1.807, 2.05) is 41.2 Å². The Labute approximate surface area is 193 Å². The van der Waals surface area contributed by atoms with Crippen LogP contribution in [0, 0.1) is 0 Å². The van der Waals surface area contributed by atoms with Gasteiger partial charge in [-0.15, -0.1) is 0 Å². The van der Waals surface area contributed by atoms with Crippen molar-refractivity contribution in [2.75, 3.05) is 32.8 Å². The van der Waals surface area contributed by atoms with Crippen LogP contribution in [0.4, 0.5) is 4.79 Å². The number of benzene rings is 1. The quantitative estimate of drug-likeness (QED) is 0.544. The molecule has 4 rings (SSSR count). The van der Waals surface area contributed by atoms with Crippen LogP contribution in [0.15, 0.2) is 67.1 Å². The third-order valence-corrected chi connectivity index (χ3v) is 5.44. The minimum absolute atomic E-state index is 0.0912. The van der Waals surface area contributed by atoms with Crippen LogP contribution in [0.5, 0.6) is 0 Å². The van der Waals surface area contributed by atoms with E-state index in [0.29, 0.717) is 39.3 Å². The molecule has 0 unspecified atom stereocenters. The lowest BCUT2D eigenvalue weighted by Gasteiger charge is -2.33. The van der Waals surface area contributed by atoms with Crippen LogP contribution in [0.25, 0.3) is 17.3 Å². The van der Waals surface area contributed by atoms with E-state index in [2.05, 4.69) is 17.1 Å². The van der Waals surface area contributed by atoms with E-state index >= 15 is 0 Å². The molecule has 170 valence electrons. The summed E-state index contributed by atoms with van der Waals surface area (Å²) >= 11 is 0. The number of carbonyl (C=O) groups is 2. The van der Waals surface area contributed by atoms with Gasteiger partial charge in [0.2, 0.25) is 5.91 Å². The maximum Gasteiger partial charge on any atom is 0.409 e. The summed E-state index contributed by atoms with van der Waals surface area (Å²) in [4.78, 5) is 32.2. The van der Waals surface area contributed by atoms with E-state index in [1.165, 1.54) is 0 Å². The van der Waals surface area contributed by atoms with Gasteiger partial charge >= 0.3 is 6.09 Å². The molecule has 2 aromatic heterocycles. The van der Waals surface area contributed by atoms with Gasteiger partial charge in [0.25, 0.3) is 0 Å². The van der Waals surface area contributed by atoms with Crippen LogP contribution in [-0.2, 0) is 16.1 Å². The van der Waals surface area contributed by atoms with E-state index in [9.17, 15) is 9.59 Å². The van der Waals surface area contributed by atoms with Gasteiger partial charge in [-0.3, -0.25) is 14.5 Å². The van der Waals surface area contributed by atoms with Crippen LogP contribution in [0.3, 0.4) is 0 Å². The lowest BCUT2D eigenvalue weighted by Crippen LogP contribution is -2.50. The molecule has 0 atom stereocenters. The number of carbonyl (C=O) groups excluding carboxylic acids is 2. The number of aromatic nitrogens is 3. The van der Waals surface area contributed by atoms with Crippen LogP contribution in [0.1, 0.15) is 18.1 Å². The van der Waals surface area contributed by atoms with Crippen LogP contribution < -0.4 is 0 Å². The summed E-state index contributed by atoms with van der Waals surface area (Å²) in [6.45, 7) is 4.64. The number of amides is 2. The number of nitrogens with zero attached hydrogens (tertiary/aromatic N) is 5. The van der Waals surface area contributed by atoms with Crippen LogP contribution in [0.2, 0.25) is 0 Å². The summed E-state index contributed by atoms with van der Waals surface area (Å²) in [6, 6.07) is 13.9. The average Bonchev–Trinajstić information content (AvgIpc) is 3.26. The second-order valence-corrected chi connectivity index (χ2v) is 7.70. The molecule has 8 nitrogen and oxygen atoms in total. The fourth-order valence-corrected chi connectivity index (χ4v) is 3.73. The van der Waals surface area contributed by atoms with E-state index < -0.39 is 0 Å². The Hall–Kier alpha value is -3.94. The first-order valence-electron chi connectivity index (χ1n) is 11.0. The largest absolute Gasteiger partial charge is 0.450 e. The first-order chi connectivity index (χ1) is 16.1. The van der Waals surface area contributed by atoms with Crippen molar-refractivity contribution in [1.29, 1.82) is 0 Å². The van der Waals surface area contributed by atoms with E-state index in [1.54, 1.807) is 41.3 Å². The fraction of sp³-hybridized carbons (Fsp3) is 0.280. The Kier molecular flexibility index (Phi) is 7.14. The summed E-state index contributed by atoms with van der Waals surface area (Å²) in [5.41, 5.74) is 3.65. The molecular weight excluding hydrogens is 418 g/mol. The summed E-state index contributed by atoms with van der Waals surface area (Å²) in [5, 5.41) is 4.76. The Bertz CT molecular complexity index is 1100. The van der Waals surface area contributed by atoms with Gasteiger partial charge in [-0.2, -0.15) is 5.10 Å². The molecule has 0 N–H and O–H groups in total. The first kappa shape index (κ1) is 22.3. The van der Waals surface area contributed by atoms with Gasteiger partial charge < -0.3 is 14.5 Å². The second-order valence-electron chi connectivity index (χ2n) is 7.70. The highest BCUT2D eigenvalue weighted by molar-refractivity contribution is 5.93. The molecule has 0 aliphatic carbocycles. The van der Waals surface area contributed by atoms with Crippen molar-refractivity contribution in [3.63, 3.8) is 0 Å². The molecule has 3 aromatic rings. The lowest BCUT2D eigenvalue weighted by atomic mass is 10.1. The zero-order valence-corrected chi connectivity index (χ0v) is 18.6. The molecule has 1 aliphatic rings. The predicted octanol–water partition coefficient (Wildman–Crippen LogP) is 3.31. The molecule has 3 heterocycles. The van der Waals surface area contributed by atoms with Crippen molar-refractivity contribution in [1.82, 2.24) is 24.6 Å². The van der Waals surface area contributed by atoms with Crippen LogP contribution >= 0.6 is 0 Å². The van der Waals surface area contributed by atoms with Gasteiger partial charge in [-0.25, -0.2) is 4.79 Å². The molecule has 1 fully saturated rings. The number of hydrogen-bond acceptors (Lipinski definition) is 5. The minimum atomic E-state index is -0.327. The standard InChI is InChI=1S/C25H27N5O3/c1-2-33-25(32)29-15-13-28(14-16-29)23(31)11-10-22-19-30(18-20-7-4-3-5-8-20)27-24(22)21-9-6-12-26-17-21/h3-12,17,19H,2,13-16,18H2,1H3/b11-10+. The number of pyridine rings is 1. The van der Waals surface area contributed by atoms with Crippen molar-refractivity contribution in [3.8, 4) is 11.3 Å². The predicted molar refractivity (Wildman–Crippen MR) is 125 cm³/mol. The smallest absolute Gasteiger partial charge is 0.409 e. The Balaban J connectivity index is 1.48. The van der Waals surface area contributed by atoms with Crippen LogP contribution in [-0.4, -0.2) is 69.4 Å². The zero-order valence-electron chi connectivity index (χ0n) is 18.6. The van der Waals surface area contributed by atoms with Crippen molar-refractivity contribution >= 4 is 18.1 Å². The van der Waals surface area contributed by atoms with Crippen molar-refractivity contribution in [3.05, 3.63) is 78.3 Å². The number of hydrogen-bond donors (Lipinski definition) is 0. The maximum atomic E-state index is 12.8. The number of ether oxygens (including phenoxy) is 1. The highest BCUT2D eigenvalue weighted by Gasteiger charge is 2.23. The molecular formula is C25H27N5O3. The highest BCUT2D eigenvalue weighted by Crippen LogP contribution is 2.23. The molecule has 8 heteroatoms. The van der Waals surface area contributed by atoms with E-state index in [-0.39, 0.29) is 12.0 Å². The summed E-state index contributed by atoms with van der Waals surface area (Å²) in [7, 11) is 0. The molecule has 1 saturated heterocycles. The Morgan fingerprint density at radius 1 is 1.03 bits per heavy atom. The molecule has 0 spiro atoms. The average molecular weight is 446 g/mol. The van der Waals surface area contributed by atoms with E-state index in [4.69, 9.17) is 9.84 Å². The fourth-order valence-electron chi connectivity index (χ4n) is 3.73. The van der Waals surface area contributed by atoms with Gasteiger partial charge in [0.05, 0.1) is 13.2 Å². The molecule has 1 aliphatic heterocycles. The SMILES string of the molecule is CCOC(=O)N1CCN(C(=O)/C=C/c2cn(Cc3ccccc3)nc2-c2cccnc2)CC1. The lowest BCUT2D eigenvalue weighted by molar-refractivity contribution is -0.127. The normalized spacial score (nSPS) is 14.0. The van der Waals surface area contributed by atoms with Crippen molar-refractivity contribution in [2.24, 2.45) is 0 Å². The maximum absolute atomic E-state index is 12.8. The Morgan fingerprint density at radius 3 is 2.48 bits per heavy atom. The van der Waals surface area contributed by atoms with Crippen molar-refractivity contribution < 1.29 is 14.3 Å². The second kappa shape index (κ2) is 10.6. The number of piperazine rings is 1. The monoisotopic (exact) mass is 445 g/mol. The molecule has 1 aromatic carbocycles. The van der Waals surface area contributed by atoms with Gasteiger partial charge in [0.1, 0.15) is 5.69 Å². The van der Waals surface area contributed by atoms with Gasteiger partial charge in [-0.1, -0.05) is 30.3 Å². The zero-order chi connectivity index (χ0) is 23.0. The minimum Gasteiger partial charge on any atom is -0.450 e. The first-order valence-corrected chi connectivity index (χ1v) is 11.0. The molecule has 0 radical (unpaired) electrons. The molecule has 2 amide bonds. The number of rotatable bonds is 6. The van der Waals surface area contributed by atoms with Gasteiger partial charge in [0, 0.05) is 62.0 Å².